The Morgan fingerprint density at radius 1 is 1.25 bits per heavy atom. The molecular weight excluding hydrogens is 274 g/mol. The largest absolute Gasteiger partial charge is 0.378 e. The van der Waals surface area contributed by atoms with Gasteiger partial charge in [-0.05, 0) is 23.8 Å². The molecule has 1 aromatic heterocycles. The molecule has 1 radical (unpaired) electrons. The second-order valence-corrected chi connectivity index (χ2v) is 7.01. The summed E-state index contributed by atoms with van der Waals surface area (Å²) in [5.41, 5.74) is 1.32. The van der Waals surface area contributed by atoms with Gasteiger partial charge in [-0.2, -0.15) is 0 Å². The van der Waals surface area contributed by atoms with E-state index < -0.39 is 0 Å². The fourth-order valence-electron chi connectivity index (χ4n) is 2.75. The molecule has 20 heavy (non-hydrogen) atoms. The van der Waals surface area contributed by atoms with E-state index in [4.69, 9.17) is 21.3 Å². The number of nitrogens with zero attached hydrogens (tertiary/aromatic N) is 3. The summed E-state index contributed by atoms with van der Waals surface area (Å²) >= 11 is 6.18. The van der Waals surface area contributed by atoms with E-state index >= 15 is 0 Å². The Morgan fingerprint density at radius 3 is 2.55 bits per heavy atom. The van der Waals surface area contributed by atoms with Crippen LogP contribution in [-0.2, 0) is 4.74 Å². The van der Waals surface area contributed by atoms with Crippen molar-refractivity contribution in [3.05, 3.63) is 22.8 Å². The van der Waals surface area contributed by atoms with E-state index in [1.54, 1.807) is 0 Å². The lowest BCUT2D eigenvalue weighted by Gasteiger charge is -2.27. The maximum atomic E-state index is 6.18. The van der Waals surface area contributed by atoms with Crippen LogP contribution in [0.15, 0.2) is 6.07 Å². The predicted octanol–water partition coefficient (Wildman–Crippen LogP) is 2.96. The minimum Gasteiger partial charge on any atom is -0.378 e. The zero-order chi connectivity index (χ0) is 14.3. The first-order chi connectivity index (χ1) is 9.45. The summed E-state index contributed by atoms with van der Waals surface area (Å²) in [6.07, 6.45) is 1.12. The van der Waals surface area contributed by atoms with Crippen LogP contribution in [0.1, 0.15) is 32.9 Å². The van der Waals surface area contributed by atoms with Crippen molar-refractivity contribution in [2.75, 3.05) is 31.2 Å². The normalized spacial score (nSPS) is 24.0. The van der Waals surface area contributed by atoms with Gasteiger partial charge in [0.25, 0.3) is 0 Å². The third kappa shape index (κ3) is 2.91. The summed E-state index contributed by atoms with van der Waals surface area (Å²) in [7, 11) is 0. The Kier molecular flexibility index (Phi) is 3.63. The first-order valence-electron chi connectivity index (χ1n) is 7.18. The number of hydrogen-bond acceptors (Lipinski definition) is 4. The molecule has 0 bridgehead atoms. The molecule has 0 aromatic carbocycles. The molecule has 4 nitrogen and oxygen atoms in total. The summed E-state index contributed by atoms with van der Waals surface area (Å²) in [5, 5.41) is 0.531. The van der Waals surface area contributed by atoms with E-state index in [0.717, 1.165) is 44.4 Å². The van der Waals surface area contributed by atoms with E-state index in [2.05, 4.69) is 30.7 Å². The van der Waals surface area contributed by atoms with Crippen molar-refractivity contribution >= 4 is 17.5 Å². The Labute approximate surface area is 125 Å². The standard InChI is InChI=1S/C15H21ClN3O/c1-15(2,3)11-8-10(11)12-9-13(16)18-14(17-12)19-4-6-20-7-5-19/h9,11H,4-8H2,1-3H3. The number of ether oxygens (including phenoxy) is 1. The molecule has 2 aliphatic rings. The third-order valence-corrected chi connectivity index (χ3v) is 4.23. The molecule has 2 heterocycles. The molecule has 1 aliphatic carbocycles. The molecule has 1 aromatic rings. The topological polar surface area (TPSA) is 38.2 Å². The molecule has 0 spiro atoms. The Balaban J connectivity index is 1.81. The van der Waals surface area contributed by atoms with Gasteiger partial charge in [-0.15, -0.1) is 0 Å². The van der Waals surface area contributed by atoms with Crippen LogP contribution in [0.4, 0.5) is 5.95 Å². The van der Waals surface area contributed by atoms with E-state index in [9.17, 15) is 0 Å². The van der Waals surface area contributed by atoms with Crippen molar-refractivity contribution in [2.45, 2.75) is 27.2 Å². The fraction of sp³-hybridized carbons (Fsp3) is 0.667. The quantitative estimate of drug-likeness (QED) is 0.786. The monoisotopic (exact) mass is 294 g/mol. The highest BCUT2D eigenvalue weighted by Crippen LogP contribution is 2.55. The minimum atomic E-state index is 0.298. The van der Waals surface area contributed by atoms with E-state index in [1.165, 1.54) is 5.92 Å². The Morgan fingerprint density at radius 2 is 1.95 bits per heavy atom. The highest BCUT2D eigenvalue weighted by Gasteiger charge is 2.47. The maximum absolute atomic E-state index is 6.18. The summed E-state index contributed by atoms with van der Waals surface area (Å²) in [5.74, 6) is 2.77. The summed E-state index contributed by atoms with van der Waals surface area (Å²) in [6, 6.07) is 1.90. The second-order valence-electron chi connectivity index (χ2n) is 6.62. The summed E-state index contributed by atoms with van der Waals surface area (Å²) in [6.45, 7) is 9.94. The number of hydrogen-bond donors (Lipinski definition) is 0. The van der Waals surface area contributed by atoms with Crippen molar-refractivity contribution < 1.29 is 4.74 Å². The van der Waals surface area contributed by atoms with E-state index in [0.29, 0.717) is 16.5 Å². The molecule has 5 heteroatoms. The Hall–Kier alpha value is -0.870. The highest BCUT2D eigenvalue weighted by molar-refractivity contribution is 6.29. The molecule has 2 fully saturated rings. The molecule has 1 aliphatic heterocycles. The van der Waals surface area contributed by atoms with Crippen molar-refractivity contribution in [1.82, 2.24) is 9.97 Å². The van der Waals surface area contributed by atoms with Crippen molar-refractivity contribution in [2.24, 2.45) is 11.3 Å². The molecule has 1 unspecified atom stereocenters. The fourth-order valence-corrected chi connectivity index (χ4v) is 2.93. The van der Waals surface area contributed by atoms with Crippen LogP contribution in [0.25, 0.3) is 0 Å². The lowest BCUT2D eigenvalue weighted by atomic mass is 9.88. The summed E-state index contributed by atoms with van der Waals surface area (Å²) in [4.78, 5) is 11.2. The average molecular weight is 295 g/mol. The van der Waals surface area contributed by atoms with Gasteiger partial charge in [0.2, 0.25) is 5.95 Å². The van der Waals surface area contributed by atoms with Gasteiger partial charge in [-0.1, -0.05) is 32.4 Å². The molecular formula is C15H21ClN3O. The lowest BCUT2D eigenvalue weighted by molar-refractivity contribution is 0.122. The molecule has 1 saturated carbocycles. The molecule has 1 atom stereocenters. The van der Waals surface area contributed by atoms with Crippen LogP contribution in [0.3, 0.4) is 0 Å². The molecule has 1 saturated heterocycles. The van der Waals surface area contributed by atoms with Gasteiger partial charge in [0.1, 0.15) is 5.15 Å². The first kappa shape index (κ1) is 14.1. The smallest absolute Gasteiger partial charge is 0.227 e. The lowest BCUT2D eigenvalue weighted by Crippen LogP contribution is -2.37. The zero-order valence-electron chi connectivity index (χ0n) is 12.3. The van der Waals surface area contributed by atoms with E-state index in [-0.39, 0.29) is 0 Å². The van der Waals surface area contributed by atoms with Gasteiger partial charge in [0.05, 0.1) is 18.9 Å². The van der Waals surface area contributed by atoms with Gasteiger partial charge in [0, 0.05) is 19.0 Å². The Bertz CT molecular complexity index is 494. The minimum absolute atomic E-state index is 0.298. The van der Waals surface area contributed by atoms with Crippen LogP contribution < -0.4 is 4.90 Å². The van der Waals surface area contributed by atoms with Gasteiger partial charge in [0.15, 0.2) is 0 Å². The molecule has 0 N–H and O–H groups in total. The maximum Gasteiger partial charge on any atom is 0.227 e. The number of rotatable bonds is 2. The third-order valence-electron chi connectivity index (χ3n) is 4.04. The summed E-state index contributed by atoms with van der Waals surface area (Å²) < 4.78 is 5.37. The number of morpholine rings is 1. The zero-order valence-corrected chi connectivity index (χ0v) is 13.1. The number of halogens is 1. The number of anilines is 1. The van der Waals surface area contributed by atoms with Crippen molar-refractivity contribution in [3.8, 4) is 0 Å². The van der Waals surface area contributed by atoms with Crippen LogP contribution >= 0.6 is 11.6 Å². The highest BCUT2D eigenvalue weighted by atomic mass is 35.5. The van der Waals surface area contributed by atoms with Crippen LogP contribution in [-0.4, -0.2) is 36.3 Å². The van der Waals surface area contributed by atoms with Gasteiger partial charge in [-0.25, -0.2) is 9.97 Å². The van der Waals surface area contributed by atoms with Crippen LogP contribution in [0.2, 0.25) is 5.15 Å². The first-order valence-corrected chi connectivity index (χ1v) is 7.56. The average Bonchev–Trinajstić information content (AvgIpc) is 3.19. The second kappa shape index (κ2) is 5.15. The van der Waals surface area contributed by atoms with Crippen LogP contribution in [0, 0.1) is 17.3 Å². The predicted molar refractivity (Wildman–Crippen MR) is 80.0 cm³/mol. The number of aromatic nitrogens is 2. The van der Waals surface area contributed by atoms with Crippen molar-refractivity contribution in [1.29, 1.82) is 0 Å². The van der Waals surface area contributed by atoms with Crippen LogP contribution in [0.5, 0.6) is 0 Å². The van der Waals surface area contributed by atoms with E-state index in [1.807, 2.05) is 6.07 Å². The molecule has 3 rings (SSSR count). The SMILES string of the molecule is CC(C)(C)C1C[C]1c1cc(Cl)nc(N2CCOCC2)n1. The van der Waals surface area contributed by atoms with Crippen molar-refractivity contribution in [3.63, 3.8) is 0 Å². The van der Waals surface area contributed by atoms with Gasteiger partial charge >= 0.3 is 0 Å². The van der Waals surface area contributed by atoms with Gasteiger partial charge in [-0.3, -0.25) is 0 Å². The molecule has 109 valence electrons. The molecule has 0 amide bonds. The van der Waals surface area contributed by atoms with Gasteiger partial charge < -0.3 is 9.64 Å².